The maximum absolute atomic E-state index is 11.9. The summed E-state index contributed by atoms with van der Waals surface area (Å²) in [6.07, 6.45) is 1.58. The average molecular weight is 328 g/mol. The molecule has 0 aliphatic heterocycles. The molecule has 0 radical (unpaired) electrons. The van der Waals surface area contributed by atoms with Crippen molar-refractivity contribution in [2.24, 2.45) is 0 Å². The number of anilines is 1. The minimum absolute atomic E-state index is 0.0303. The summed E-state index contributed by atoms with van der Waals surface area (Å²) in [6, 6.07) is 7.76. The molecule has 0 saturated heterocycles. The minimum atomic E-state index is -0.309. The Balaban J connectivity index is 2.22. The minimum Gasteiger partial charge on any atom is -0.506 e. The monoisotopic (exact) mass is 326 g/mol. The number of nitrogens with zero attached hydrogens (tertiary/aromatic N) is 1. The molecule has 0 aliphatic rings. The molecule has 0 fully saturated rings. The SMILES string of the molecule is O=C(Nc1ccc(O)c(Cl)c1)c1cccnc1Br. The fourth-order valence-corrected chi connectivity index (χ4v) is 1.95. The number of hydrogen-bond donors (Lipinski definition) is 2. The molecule has 0 bridgehead atoms. The Morgan fingerprint density at radius 2 is 2.17 bits per heavy atom. The molecule has 2 rings (SSSR count). The van der Waals surface area contributed by atoms with E-state index in [-0.39, 0.29) is 16.7 Å². The number of hydrogen-bond acceptors (Lipinski definition) is 3. The zero-order chi connectivity index (χ0) is 13.1. The van der Waals surface area contributed by atoms with Crippen LogP contribution in [0, 0.1) is 0 Å². The summed E-state index contributed by atoms with van der Waals surface area (Å²) in [5.74, 6) is -0.339. The topological polar surface area (TPSA) is 62.2 Å². The van der Waals surface area contributed by atoms with E-state index in [4.69, 9.17) is 11.6 Å². The number of phenolic OH excluding ortho intramolecular Hbond substituents is 1. The van der Waals surface area contributed by atoms with E-state index in [9.17, 15) is 9.90 Å². The summed E-state index contributed by atoms with van der Waals surface area (Å²) >= 11 is 8.95. The van der Waals surface area contributed by atoms with Crippen LogP contribution in [0.2, 0.25) is 5.02 Å². The van der Waals surface area contributed by atoms with Crippen molar-refractivity contribution < 1.29 is 9.90 Å². The number of carbonyl (C=O) groups excluding carboxylic acids is 1. The normalized spacial score (nSPS) is 10.1. The molecule has 0 spiro atoms. The van der Waals surface area contributed by atoms with Crippen LogP contribution in [0.1, 0.15) is 10.4 Å². The van der Waals surface area contributed by atoms with Crippen molar-refractivity contribution in [3.05, 3.63) is 51.7 Å². The van der Waals surface area contributed by atoms with Crippen LogP contribution >= 0.6 is 27.5 Å². The Morgan fingerprint density at radius 1 is 1.39 bits per heavy atom. The van der Waals surface area contributed by atoms with Gasteiger partial charge >= 0.3 is 0 Å². The third kappa shape index (κ3) is 2.80. The average Bonchev–Trinajstić information content (AvgIpc) is 2.34. The van der Waals surface area contributed by atoms with Gasteiger partial charge in [0.05, 0.1) is 10.6 Å². The number of rotatable bonds is 2. The number of pyridine rings is 1. The molecular weight excluding hydrogens is 320 g/mol. The first kappa shape index (κ1) is 12.9. The first-order valence-electron chi connectivity index (χ1n) is 4.98. The molecule has 18 heavy (non-hydrogen) atoms. The number of benzene rings is 1. The highest BCUT2D eigenvalue weighted by Gasteiger charge is 2.11. The highest BCUT2D eigenvalue weighted by atomic mass is 79.9. The van der Waals surface area contributed by atoms with Crippen LogP contribution in [0.25, 0.3) is 0 Å². The molecule has 1 aromatic heterocycles. The number of carbonyl (C=O) groups is 1. The van der Waals surface area contributed by atoms with Crippen molar-refractivity contribution in [3.8, 4) is 5.75 Å². The number of nitrogens with one attached hydrogen (secondary N) is 1. The van der Waals surface area contributed by atoms with Crippen LogP contribution in [0.4, 0.5) is 5.69 Å². The van der Waals surface area contributed by atoms with Crippen LogP contribution in [0.5, 0.6) is 5.75 Å². The van der Waals surface area contributed by atoms with E-state index in [1.807, 2.05) is 0 Å². The van der Waals surface area contributed by atoms with Crippen LogP contribution in [0.3, 0.4) is 0 Å². The van der Waals surface area contributed by atoms with Gasteiger partial charge in [0.25, 0.3) is 5.91 Å². The van der Waals surface area contributed by atoms with Gasteiger partial charge in [-0.25, -0.2) is 4.98 Å². The number of aromatic nitrogens is 1. The lowest BCUT2D eigenvalue weighted by atomic mass is 10.2. The maximum Gasteiger partial charge on any atom is 0.258 e. The zero-order valence-electron chi connectivity index (χ0n) is 9.02. The van der Waals surface area contributed by atoms with Gasteiger partial charge in [0.15, 0.2) is 0 Å². The second-order valence-electron chi connectivity index (χ2n) is 3.46. The lowest BCUT2D eigenvalue weighted by Gasteiger charge is -2.07. The molecule has 2 aromatic rings. The fraction of sp³-hybridized carbons (Fsp3) is 0. The van der Waals surface area contributed by atoms with Crippen molar-refractivity contribution >= 4 is 39.1 Å². The molecule has 1 aromatic carbocycles. The zero-order valence-corrected chi connectivity index (χ0v) is 11.4. The smallest absolute Gasteiger partial charge is 0.258 e. The Labute approximate surface area is 117 Å². The molecule has 0 unspecified atom stereocenters. The number of aromatic hydroxyl groups is 1. The van der Waals surface area contributed by atoms with Crippen LogP contribution in [0.15, 0.2) is 41.1 Å². The maximum atomic E-state index is 11.9. The summed E-state index contributed by atoms with van der Waals surface area (Å²) in [5, 5.41) is 12.1. The lowest BCUT2D eigenvalue weighted by Crippen LogP contribution is -2.12. The molecule has 0 aliphatic carbocycles. The predicted molar refractivity (Wildman–Crippen MR) is 73.0 cm³/mol. The van der Waals surface area contributed by atoms with Gasteiger partial charge in [0.1, 0.15) is 10.4 Å². The van der Waals surface area contributed by atoms with Gasteiger partial charge in [-0.15, -0.1) is 0 Å². The summed E-state index contributed by atoms with van der Waals surface area (Å²) < 4.78 is 0.465. The van der Waals surface area contributed by atoms with E-state index in [0.29, 0.717) is 15.9 Å². The Kier molecular flexibility index (Phi) is 3.84. The fourth-order valence-electron chi connectivity index (χ4n) is 1.34. The second-order valence-corrected chi connectivity index (χ2v) is 4.62. The van der Waals surface area contributed by atoms with Gasteiger partial charge in [-0.05, 0) is 46.3 Å². The van der Waals surface area contributed by atoms with Crippen LogP contribution in [-0.4, -0.2) is 16.0 Å². The van der Waals surface area contributed by atoms with Crippen LogP contribution in [-0.2, 0) is 0 Å². The van der Waals surface area contributed by atoms with Crippen molar-refractivity contribution in [1.82, 2.24) is 4.98 Å². The Morgan fingerprint density at radius 3 is 2.83 bits per heavy atom. The molecule has 2 N–H and O–H groups in total. The van der Waals surface area contributed by atoms with E-state index < -0.39 is 0 Å². The Bertz CT molecular complexity index is 604. The Hall–Kier alpha value is -1.59. The number of amides is 1. The second kappa shape index (κ2) is 5.37. The van der Waals surface area contributed by atoms with Gasteiger partial charge in [0, 0.05) is 11.9 Å². The number of phenols is 1. The molecule has 4 nitrogen and oxygen atoms in total. The first-order valence-corrected chi connectivity index (χ1v) is 6.15. The number of halogens is 2. The summed E-state index contributed by atoms with van der Waals surface area (Å²) in [7, 11) is 0. The first-order chi connectivity index (χ1) is 8.58. The molecule has 0 saturated carbocycles. The van der Waals surface area contributed by atoms with E-state index in [1.54, 1.807) is 24.4 Å². The molecular formula is C12H8BrClN2O2. The van der Waals surface area contributed by atoms with Gasteiger partial charge in [0.2, 0.25) is 0 Å². The van der Waals surface area contributed by atoms with E-state index in [1.165, 1.54) is 12.1 Å². The van der Waals surface area contributed by atoms with E-state index >= 15 is 0 Å². The van der Waals surface area contributed by atoms with Gasteiger partial charge in [-0.1, -0.05) is 11.6 Å². The highest BCUT2D eigenvalue weighted by Crippen LogP contribution is 2.26. The molecule has 0 atom stereocenters. The van der Waals surface area contributed by atoms with Gasteiger partial charge in [-0.2, -0.15) is 0 Å². The van der Waals surface area contributed by atoms with E-state index in [2.05, 4.69) is 26.2 Å². The van der Waals surface area contributed by atoms with Gasteiger partial charge < -0.3 is 10.4 Å². The largest absolute Gasteiger partial charge is 0.506 e. The third-order valence-corrected chi connectivity index (χ3v) is 3.14. The molecule has 6 heteroatoms. The highest BCUT2D eigenvalue weighted by molar-refractivity contribution is 9.10. The van der Waals surface area contributed by atoms with Crippen molar-refractivity contribution in [2.45, 2.75) is 0 Å². The van der Waals surface area contributed by atoms with Crippen molar-refractivity contribution in [2.75, 3.05) is 5.32 Å². The van der Waals surface area contributed by atoms with E-state index in [0.717, 1.165) is 0 Å². The van der Waals surface area contributed by atoms with Crippen molar-refractivity contribution in [3.63, 3.8) is 0 Å². The molecule has 1 heterocycles. The lowest BCUT2D eigenvalue weighted by molar-refractivity contribution is 0.102. The molecule has 92 valence electrons. The summed E-state index contributed by atoms with van der Waals surface area (Å²) in [5.41, 5.74) is 0.917. The summed E-state index contributed by atoms with van der Waals surface area (Å²) in [6.45, 7) is 0. The van der Waals surface area contributed by atoms with Gasteiger partial charge in [-0.3, -0.25) is 4.79 Å². The molecule has 1 amide bonds. The van der Waals surface area contributed by atoms with Crippen molar-refractivity contribution in [1.29, 1.82) is 0 Å². The predicted octanol–water partition coefficient (Wildman–Crippen LogP) is 3.46. The van der Waals surface area contributed by atoms with Crippen LogP contribution < -0.4 is 5.32 Å². The summed E-state index contributed by atoms with van der Waals surface area (Å²) in [4.78, 5) is 15.9. The standard InChI is InChI=1S/C12H8BrClN2O2/c13-11-8(2-1-5-15-11)12(18)16-7-3-4-10(17)9(14)6-7/h1-6,17H,(H,16,18). The quantitative estimate of drug-likeness (QED) is 0.656. The third-order valence-electron chi connectivity index (χ3n) is 2.21.